The summed E-state index contributed by atoms with van der Waals surface area (Å²) in [5, 5.41) is 7.88. The number of carbonyl (C=O) groups excluding carboxylic acids is 1. The normalized spacial score (nSPS) is 15.4. The fraction of sp³-hybridized carbons (Fsp3) is 0.333. The molecule has 4 nitrogen and oxygen atoms in total. The minimum absolute atomic E-state index is 0.138. The van der Waals surface area contributed by atoms with Crippen molar-refractivity contribution in [3.63, 3.8) is 0 Å². The number of halogens is 1. The van der Waals surface area contributed by atoms with Crippen LogP contribution in [-0.4, -0.2) is 15.7 Å². The Morgan fingerprint density at radius 2 is 1.90 bits per heavy atom. The highest BCUT2D eigenvalue weighted by Crippen LogP contribution is 2.31. The Morgan fingerprint density at radius 1 is 1.20 bits per heavy atom. The van der Waals surface area contributed by atoms with Crippen LogP contribution in [0.1, 0.15) is 42.1 Å². The molecule has 0 bridgehead atoms. The minimum Gasteiger partial charge on any atom is -0.307 e. The average molecular weight is 290 g/mol. The molecule has 0 saturated heterocycles. The minimum atomic E-state index is -0.138. The second-order valence-corrected chi connectivity index (χ2v) is 5.50. The first-order chi connectivity index (χ1) is 9.74. The van der Waals surface area contributed by atoms with E-state index in [1.165, 1.54) is 12.8 Å². The van der Waals surface area contributed by atoms with Crippen LogP contribution in [-0.2, 0) is 0 Å². The zero-order valence-corrected chi connectivity index (χ0v) is 11.8. The second kappa shape index (κ2) is 5.67. The molecule has 1 N–H and O–H groups in total. The predicted octanol–water partition coefficient (Wildman–Crippen LogP) is 3.90. The molecule has 0 atom stereocenters. The van der Waals surface area contributed by atoms with Crippen LogP contribution in [0.2, 0.25) is 5.02 Å². The first-order valence-electron chi connectivity index (χ1n) is 6.84. The molecule has 2 aromatic rings. The van der Waals surface area contributed by atoms with E-state index in [1.807, 2.05) is 10.7 Å². The number of benzene rings is 1. The van der Waals surface area contributed by atoms with Gasteiger partial charge in [0.25, 0.3) is 5.91 Å². The van der Waals surface area contributed by atoms with Crippen molar-refractivity contribution in [2.24, 2.45) is 0 Å². The molecule has 3 rings (SSSR count). The van der Waals surface area contributed by atoms with Crippen LogP contribution in [0.3, 0.4) is 0 Å². The number of hydrogen-bond acceptors (Lipinski definition) is 2. The fourth-order valence-electron chi connectivity index (χ4n) is 2.64. The number of aromatic nitrogens is 2. The number of nitrogens with one attached hydrogen (secondary N) is 1. The van der Waals surface area contributed by atoms with Gasteiger partial charge < -0.3 is 5.32 Å². The maximum atomic E-state index is 12.2. The van der Waals surface area contributed by atoms with Crippen LogP contribution in [0.4, 0.5) is 5.82 Å². The third kappa shape index (κ3) is 2.70. The van der Waals surface area contributed by atoms with Crippen LogP contribution >= 0.6 is 11.6 Å². The Balaban J connectivity index is 1.76. The van der Waals surface area contributed by atoms with Crippen LogP contribution in [0.15, 0.2) is 36.5 Å². The molecule has 0 unspecified atom stereocenters. The molecule has 1 aromatic carbocycles. The molecular formula is C15H16ClN3O. The van der Waals surface area contributed by atoms with Gasteiger partial charge in [-0.3, -0.25) is 4.79 Å². The Labute approximate surface area is 122 Å². The third-order valence-electron chi connectivity index (χ3n) is 3.69. The maximum Gasteiger partial charge on any atom is 0.256 e. The highest BCUT2D eigenvalue weighted by Gasteiger charge is 2.20. The summed E-state index contributed by atoms with van der Waals surface area (Å²) < 4.78 is 1.93. The van der Waals surface area contributed by atoms with Gasteiger partial charge in [-0.1, -0.05) is 24.4 Å². The highest BCUT2D eigenvalue weighted by atomic mass is 35.5. The van der Waals surface area contributed by atoms with Crippen LogP contribution in [0, 0.1) is 0 Å². The van der Waals surface area contributed by atoms with E-state index < -0.39 is 0 Å². The number of hydrogen-bond donors (Lipinski definition) is 1. The quantitative estimate of drug-likeness (QED) is 0.931. The topological polar surface area (TPSA) is 46.9 Å². The zero-order chi connectivity index (χ0) is 13.9. The Kier molecular flexibility index (Phi) is 3.74. The van der Waals surface area contributed by atoms with Crippen molar-refractivity contribution in [2.75, 3.05) is 5.32 Å². The molecule has 20 heavy (non-hydrogen) atoms. The SMILES string of the molecule is O=C(Nc1ccnn1C1CCCC1)c1ccc(Cl)cc1. The van der Waals surface area contributed by atoms with Gasteiger partial charge in [0.1, 0.15) is 5.82 Å². The van der Waals surface area contributed by atoms with Crippen molar-refractivity contribution in [3.8, 4) is 0 Å². The monoisotopic (exact) mass is 289 g/mol. The molecule has 0 aliphatic heterocycles. The summed E-state index contributed by atoms with van der Waals surface area (Å²) in [4.78, 5) is 12.2. The van der Waals surface area contributed by atoms with Crippen LogP contribution in [0.5, 0.6) is 0 Å². The van der Waals surface area contributed by atoms with Gasteiger partial charge >= 0.3 is 0 Å². The largest absolute Gasteiger partial charge is 0.307 e. The fourth-order valence-corrected chi connectivity index (χ4v) is 2.77. The molecule has 0 spiro atoms. The van der Waals surface area contributed by atoms with E-state index in [0.717, 1.165) is 18.7 Å². The molecule has 1 amide bonds. The van der Waals surface area contributed by atoms with Gasteiger partial charge in [0.05, 0.1) is 12.2 Å². The van der Waals surface area contributed by atoms with Gasteiger partial charge in [-0.15, -0.1) is 0 Å². The van der Waals surface area contributed by atoms with Crippen molar-refractivity contribution < 1.29 is 4.79 Å². The van der Waals surface area contributed by atoms with Crippen molar-refractivity contribution in [1.29, 1.82) is 0 Å². The van der Waals surface area contributed by atoms with E-state index in [0.29, 0.717) is 16.6 Å². The molecule has 1 aromatic heterocycles. The van der Waals surface area contributed by atoms with E-state index in [-0.39, 0.29) is 5.91 Å². The average Bonchev–Trinajstić information content (AvgIpc) is 3.09. The van der Waals surface area contributed by atoms with Gasteiger partial charge in [-0.25, -0.2) is 4.68 Å². The lowest BCUT2D eigenvalue weighted by atomic mass is 10.2. The summed E-state index contributed by atoms with van der Waals surface area (Å²) in [6.07, 6.45) is 6.46. The van der Waals surface area contributed by atoms with Crippen molar-refractivity contribution in [3.05, 3.63) is 47.1 Å². The van der Waals surface area contributed by atoms with Gasteiger partial charge in [0.2, 0.25) is 0 Å². The summed E-state index contributed by atoms with van der Waals surface area (Å²) in [6, 6.07) is 9.11. The summed E-state index contributed by atoms with van der Waals surface area (Å²) in [7, 11) is 0. The predicted molar refractivity (Wildman–Crippen MR) is 79.1 cm³/mol. The number of rotatable bonds is 3. The molecule has 0 radical (unpaired) electrons. The molecule has 104 valence electrons. The van der Waals surface area contributed by atoms with Gasteiger partial charge in [0.15, 0.2) is 0 Å². The van der Waals surface area contributed by atoms with E-state index in [2.05, 4.69) is 10.4 Å². The Morgan fingerprint density at radius 3 is 2.60 bits per heavy atom. The molecule has 1 aliphatic rings. The summed E-state index contributed by atoms with van der Waals surface area (Å²) >= 11 is 5.82. The van der Waals surface area contributed by atoms with E-state index in [1.54, 1.807) is 30.5 Å². The molecule has 1 saturated carbocycles. The third-order valence-corrected chi connectivity index (χ3v) is 3.94. The molecule has 5 heteroatoms. The number of carbonyl (C=O) groups is 1. The van der Waals surface area contributed by atoms with Gasteiger partial charge in [0, 0.05) is 16.7 Å². The van der Waals surface area contributed by atoms with Crippen LogP contribution < -0.4 is 5.32 Å². The van der Waals surface area contributed by atoms with Gasteiger partial charge in [-0.2, -0.15) is 5.10 Å². The number of nitrogens with zero attached hydrogens (tertiary/aromatic N) is 2. The number of amides is 1. The lowest BCUT2D eigenvalue weighted by Gasteiger charge is -2.14. The molecule has 1 heterocycles. The van der Waals surface area contributed by atoms with Crippen molar-refractivity contribution >= 4 is 23.3 Å². The Hall–Kier alpha value is -1.81. The maximum absolute atomic E-state index is 12.2. The molecular weight excluding hydrogens is 274 g/mol. The first kappa shape index (κ1) is 13.2. The lowest BCUT2D eigenvalue weighted by molar-refractivity contribution is 0.102. The molecule has 1 aliphatic carbocycles. The van der Waals surface area contributed by atoms with Gasteiger partial charge in [-0.05, 0) is 37.1 Å². The first-order valence-corrected chi connectivity index (χ1v) is 7.22. The summed E-state index contributed by atoms with van der Waals surface area (Å²) in [5.74, 6) is 0.623. The summed E-state index contributed by atoms with van der Waals surface area (Å²) in [5.41, 5.74) is 0.591. The zero-order valence-electron chi connectivity index (χ0n) is 11.1. The van der Waals surface area contributed by atoms with E-state index in [9.17, 15) is 4.79 Å². The second-order valence-electron chi connectivity index (χ2n) is 5.06. The van der Waals surface area contributed by atoms with Crippen molar-refractivity contribution in [2.45, 2.75) is 31.7 Å². The van der Waals surface area contributed by atoms with E-state index >= 15 is 0 Å². The standard InChI is InChI=1S/C15H16ClN3O/c16-12-7-5-11(6-8-12)15(20)18-14-9-10-17-19(14)13-3-1-2-4-13/h5-10,13H,1-4H2,(H,18,20). The van der Waals surface area contributed by atoms with Crippen molar-refractivity contribution in [1.82, 2.24) is 9.78 Å². The summed E-state index contributed by atoms with van der Waals surface area (Å²) in [6.45, 7) is 0. The smallest absolute Gasteiger partial charge is 0.256 e. The lowest BCUT2D eigenvalue weighted by Crippen LogP contribution is -2.17. The number of anilines is 1. The van der Waals surface area contributed by atoms with E-state index in [4.69, 9.17) is 11.6 Å². The van der Waals surface area contributed by atoms with Crippen LogP contribution in [0.25, 0.3) is 0 Å². The highest BCUT2D eigenvalue weighted by molar-refractivity contribution is 6.30. The molecule has 1 fully saturated rings. The Bertz CT molecular complexity index is 600.